The summed E-state index contributed by atoms with van der Waals surface area (Å²) >= 11 is 3.47. The molecule has 0 aliphatic rings. The van der Waals surface area contributed by atoms with Crippen molar-refractivity contribution in [3.8, 4) is 0 Å². The molecule has 1 heterocycles. The van der Waals surface area contributed by atoms with Crippen molar-refractivity contribution < 1.29 is 9.13 Å². The van der Waals surface area contributed by atoms with Gasteiger partial charge in [0, 0.05) is 30.9 Å². The zero-order chi connectivity index (χ0) is 15.2. The number of benzene rings is 1. The van der Waals surface area contributed by atoms with Gasteiger partial charge in [-0.2, -0.15) is 0 Å². The van der Waals surface area contributed by atoms with Gasteiger partial charge in [0.15, 0.2) is 0 Å². The lowest BCUT2D eigenvalue weighted by atomic mass is 10.2. The second kappa shape index (κ2) is 7.68. The molecule has 21 heavy (non-hydrogen) atoms. The van der Waals surface area contributed by atoms with Gasteiger partial charge in [-0.1, -0.05) is 15.9 Å². The molecule has 0 aliphatic heterocycles. The molecule has 0 bridgehead atoms. The fourth-order valence-corrected chi connectivity index (χ4v) is 2.47. The largest absolute Gasteiger partial charge is 0.383 e. The highest BCUT2D eigenvalue weighted by Crippen LogP contribution is 2.20. The maximum absolute atomic E-state index is 13.4. The van der Waals surface area contributed by atoms with E-state index in [9.17, 15) is 4.39 Å². The predicted octanol–water partition coefficient (Wildman–Crippen LogP) is 2.88. The van der Waals surface area contributed by atoms with E-state index in [-0.39, 0.29) is 5.82 Å². The summed E-state index contributed by atoms with van der Waals surface area (Å²) in [5, 5.41) is 3.30. The number of halogens is 2. The van der Waals surface area contributed by atoms with E-state index in [1.54, 1.807) is 19.2 Å². The zero-order valence-electron chi connectivity index (χ0n) is 12.2. The third-order valence-electron chi connectivity index (χ3n) is 3.26. The zero-order valence-corrected chi connectivity index (χ0v) is 13.8. The first-order valence-electron chi connectivity index (χ1n) is 6.76. The number of hydrogen-bond acceptors (Lipinski definition) is 3. The van der Waals surface area contributed by atoms with Crippen LogP contribution in [0.15, 0.2) is 28.9 Å². The van der Waals surface area contributed by atoms with E-state index in [1.165, 1.54) is 6.07 Å². The molecule has 4 nitrogen and oxygen atoms in total. The van der Waals surface area contributed by atoms with Gasteiger partial charge in [0.2, 0.25) is 0 Å². The lowest BCUT2D eigenvalue weighted by Gasteiger charge is -2.12. The second-order valence-electron chi connectivity index (χ2n) is 4.79. The minimum Gasteiger partial charge on any atom is -0.383 e. The van der Waals surface area contributed by atoms with E-state index in [0.717, 1.165) is 28.1 Å². The normalized spacial score (nSPS) is 11.0. The number of nitrogens with one attached hydrogen (secondary N) is 1. The number of aryl methyl sites for hydroxylation is 1. The van der Waals surface area contributed by atoms with Gasteiger partial charge in [-0.15, -0.1) is 0 Å². The highest BCUT2D eigenvalue weighted by Gasteiger charge is 2.09. The van der Waals surface area contributed by atoms with E-state index in [0.29, 0.717) is 19.7 Å². The summed E-state index contributed by atoms with van der Waals surface area (Å²) in [5.74, 6) is 0.681. The van der Waals surface area contributed by atoms with Crippen molar-refractivity contribution in [2.24, 2.45) is 0 Å². The molecule has 114 valence electrons. The van der Waals surface area contributed by atoms with Gasteiger partial charge >= 0.3 is 0 Å². The monoisotopic (exact) mass is 355 g/mol. The van der Waals surface area contributed by atoms with Crippen molar-refractivity contribution in [1.82, 2.24) is 14.9 Å². The second-order valence-corrected chi connectivity index (χ2v) is 5.64. The van der Waals surface area contributed by atoms with Crippen LogP contribution in [-0.4, -0.2) is 29.8 Å². The number of imidazole rings is 1. The average Bonchev–Trinajstić information content (AvgIpc) is 2.80. The van der Waals surface area contributed by atoms with Crippen molar-refractivity contribution in [2.75, 3.05) is 20.3 Å². The van der Waals surface area contributed by atoms with Gasteiger partial charge in [0.1, 0.15) is 11.6 Å². The molecule has 1 aromatic carbocycles. The molecule has 0 fully saturated rings. The van der Waals surface area contributed by atoms with Crippen LogP contribution in [0.25, 0.3) is 0 Å². The standard InChI is InChI=1S/C15H19BrFN3O/c1-11-19-9-14(8-18-5-6-21-2)20(11)10-12-7-13(17)3-4-15(12)16/h3-4,7,9,18H,5-6,8,10H2,1-2H3. The Morgan fingerprint density at radius 1 is 1.43 bits per heavy atom. The maximum atomic E-state index is 13.4. The predicted molar refractivity (Wildman–Crippen MR) is 83.7 cm³/mol. The molecule has 0 radical (unpaired) electrons. The van der Waals surface area contributed by atoms with Gasteiger partial charge in [-0.3, -0.25) is 0 Å². The van der Waals surface area contributed by atoms with Crippen LogP contribution in [0.1, 0.15) is 17.1 Å². The first-order valence-corrected chi connectivity index (χ1v) is 7.55. The van der Waals surface area contributed by atoms with Crippen LogP contribution in [-0.2, 0) is 17.8 Å². The topological polar surface area (TPSA) is 39.1 Å². The number of rotatable bonds is 7. The van der Waals surface area contributed by atoms with E-state index in [4.69, 9.17) is 4.74 Å². The number of hydrogen-bond donors (Lipinski definition) is 1. The Labute approximate surface area is 132 Å². The van der Waals surface area contributed by atoms with Crippen LogP contribution in [0.3, 0.4) is 0 Å². The summed E-state index contributed by atoms with van der Waals surface area (Å²) in [7, 11) is 1.68. The molecule has 2 aromatic rings. The minimum atomic E-state index is -0.231. The van der Waals surface area contributed by atoms with E-state index < -0.39 is 0 Å². The van der Waals surface area contributed by atoms with Crippen LogP contribution < -0.4 is 5.32 Å². The highest BCUT2D eigenvalue weighted by atomic mass is 79.9. The molecular weight excluding hydrogens is 337 g/mol. The molecule has 0 amide bonds. The van der Waals surface area contributed by atoms with Crippen molar-refractivity contribution in [3.63, 3.8) is 0 Å². The molecule has 0 aliphatic carbocycles. The van der Waals surface area contributed by atoms with Crippen LogP contribution in [0.2, 0.25) is 0 Å². The van der Waals surface area contributed by atoms with E-state index >= 15 is 0 Å². The van der Waals surface area contributed by atoms with Crippen LogP contribution in [0.5, 0.6) is 0 Å². The first-order chi connectivity index (χ1) is 10.1. The molecule has 1 aromatic heterocycles. The Kier molecular flexibility index (Phi) is 5.90. The summed E-state index contributed by atoms with van der Waals surface area (Å²) in [6.07, 6.45) is 1.85. The summed E-state index contributed by atoms with van der Waals surface area (Å²) < 4.78 is 21.4. The molecule has 1 N–H and O–H groups in total. The smallest absolute Gasteiger partial charge is 0.123 e. The molecule has 0 unspecified atom stereocenters. The van der Waals surface area contributed by atoms with Crippen molar-refractivity contribution >= 4 is 15.9 Å². The molecular formula is C15H19BrFN3O. The first kappa shape index (κ1) is 16.1. The minimum absolute atomic E-state index is 0.231. The summed E-state index contributed by atoms with van der Waals surface area (Å²) in [4.78, 5) is 4.35. The number of ether oxygens (including phenoxy) is 1. The Morgan fingerprint density at radius 2 is 2.24 bits per heavy atom. The third-order valence-corrected chi connectivity index (χ3v) is 4.04. The summed E-state index contributed by atoms with van der Waals surface area (Å²) in [5.41, 5.74) is 1.97. The number of aromatic nitrogens is 2. The molecule has 0 saturated heterocycles. The Bertz CT molecular complexity index is 601. The average molecular weight is 356 g/mol. The van der Waals surface area contributed by atoms with Gasteiger partial charge in [-0.05, 0) is 30.7 Å². The summed E-state index contributed by atoms with van der Waals surface area (Å²) in [6.45, 7) is 4.70. The van der Waals surface area contributed by atoms with Crippen LogP contribution in [0.4, 0.5) is 4.39 Å². The Hall–Kier alpha value is -1.24. The number of nitrogens with zero attached hydrogens (tertiary/aromatic N) is 2. The van der Waals surface area contributed by atoms with Gasteiger partial charge in [0.25, 0.3) is 0 Å². The Morgan fingerprint density at radius 3 is 3.00 bits per heavy atom. The molecule has 6 heteroatoms. The third kappa shape index (κ3) is 4.36. The fraction of sp³-hybridized carbons (Fsp3) is 0.400. The SMILES string of the molecule is COCCNCc1cnc(C)n1Cc1cc(F)ccc1Br. The lowest BCUT2D eigenvalue weighted by molar-refractivity contribution is 0.199. The van der Waals surface area contributed by atoms with E-state index in [2.05, 4.69) is 30.8 Å². The highest BCUT2D eigenvalue weighted by molar-refractivity contribution is 9.10. The van der Waals surface area contributed by atoms with Crippen LogP contribution >= 0.6 is 15.9 Å². The Balaban J connectivity index is 2.12. The fourth-order valence-electron chi connectivity index (χ4n) is 2.10. The molecule has 2 rings (SSSR count). The summed E-state index contributed by atoms with van der Waals surface area (Å²) in [6, 6.07) is 4.72. The van der Waals surface area contributed by atoms with Gasteiger partial charge < -0.3 is 14.6 Å². The van der Waals surface area contributed by atoms with Crippen molar-refractivity contribution in [2.45, 2.75) is 20.0 Å². The molecule has 0 atom stereocenters. The van der Waals surface area contributed by atoms with Gasteiger partial charge in [-0.25, -0.2) is 9.37 Å². The lowest BCUT2D eigenvalue weighted by Crippen LogP contribution is -2.21. The molecule has 0 spiro atoms. The number of methoxy groups -OCH3 is 1. The maximum Gasteiger partial charge on any atom is 0.123 e. The quantitative estimate of drug-likeness (QED) is 0.776. The molecule has 0 saturated carbocycles. The van der Waals surface area contributed by atoms with Crippen molar-refractivity contribution in [3.05, 3.63) is 51.8 Å². The van der Waals surface area contributed by atoms with Gasteiger partial charge in [0.05, 0.1) is 18.8 Å². The van der Waals surface area contributed by atoms with E-state index in [1.807, 2.05) is 13.1 Å². The van der Waals surface area contributed by atoms with Crippen LogP contribution in [0, 0.1) is 12.7 Å². The van der Waals surface area contributed by atoms with Crippen molar-refractivity contribution in [1.29, 1.82) is 0 Å².